The minimum atomic E-state index is -1.56. The Morgan fingerprint density at radius 3 is 2.38 bits per heavy atom. The first-order valence-electron chi connectivity index (χ1n) is 5.06. The molecule has 0 spiro atoms. The zero-order valence-corrected chi connectivity index (χ0v) is 9.22. The smallest absolute Gasteiger partial charge is 0.194 e. The van der Waals surface area contributed by atoms with Gasteiger partial charge in [0.15, 0.2) is 11.3 Å². The summed E-state index contributed by atoms with van der Waals surface area (Å²) in [5.74, 6) is 0. The molecule has 3 nitrogen and oxygen atoms in total. The number of anilines is 1. The van der Waals surface area contributed by atoms with E-state index < -0.39 is 11.3 Å². The molecule has 1 aliphatic heterocycles. The summed E-state index contributed by atoms with van der Waals surface area (Å²) in [6.45, 7) is 7.20. The van der Waals surface area contributed by atoms with Crippen LogP contribution < -0.4 is 4.90 Å². The van der Waals surface area contributed by atoms with Gasteiger partial charge < -0.3 is 15.1 Å². The molecule has 0 radical (unpaired) electrons. The molecule has 2 rings (SSSR count). The average Bonchev–Trinajstić information content (AvgIpc) is 2.51. The van der Waals surface area contributed by atoms with Crippen LogP contribution in [-0.4, -0.2) is 23.0 Å². The molecule has 0 amide bonds. The Hall–Kier alpha value is -1.58. The van der Waals surface area contributed by atoms with Gasteiger partial charge in [-0.3, -0.25) is 0 Å². The summed E-state index contributed by atoms with van der Waals surface area (Å²) in [5.41, 5.74) is -1.68. The van der Waals surface area contributed by atoms with E-state index in [1.54, 1.807) is 18.0 Å². The van der Waals surface area contributed by atoms with Crippen LogP contribution in [0.25, 0.3) is 0 Å². The Balaban J connectivity index is 2.76. The maximum Gasteiger partial charge on any atom is 0.194 e. The molecule has 2 atom stereocenters. The third kappa shape index (κ3) is 0.991. The van der Waals surface area contributed by atoms with E-state index in [-0.39, 0.29) is 0 Å². The molecule has 0 aromatic heterocycles. The maximum atomic E-state index is 10.6. The molecule has 0 unspecified atom stereocenters. The predicted molar refractivity (Wildman–Crippen MR) is 64.1 cm³/mol. The zero-order valence-electron chi connectivity index (χ0n) is 9.22. The summed E-state index contributed by atoms with van der Waals surface area (Å²) >= 11 is 0. The van der Waals surface area contributed by atoms with Crippen LogP contribution in [0, 0.1) is 0 Å². The van der Waals surface area contributed by atoms with Gasteiger partial charge in [0.25, 0.3) is 0 Å². The van der Waals surface area contributed by atoms with Crippen molar-refractivity contribution < 1.29 is 10.2 Å². The molecule has 2 N–H and O–H groups in total. The summed E-state index contributed by atoms with van der Waals surface area (Å²) < 4.78 is 0. The van der Waals surface area contributed by atoms with Crippen molar-refractivity contribution in [3.05, 3.63) is 55.1 Å². The molecular weight excluding hydrogens is 202 g/mol. The van der Waals surface area contributed by atoms with Gasteiger partial charge in [0.1, 0.15) is 0 Å². The number of rotatable bonds is 2. The Bertz CT molecular complexity index is 457. The molecule has 0 aliphatic carbocycles. The fourth-order valence-electron chi connectivity index (χ4n) is 2.28. The normalized spacial score (nSPS) is 32.3. The number of hydrogen-bond acceptors (Lipinski definition) is 3. The molecule has 0 fully saturated rings. The molecule has 0 saturated carbocycles. The largest absolute Gasteiger partial charge is 0.375 e. The van der Waals surface area contributed by atoms with E-state index in [1.165, 1.54) is 12.2 Å². The van der Waals surface area contributed by atoms with Gasteiger partial charge in [0.05, 0.1) is 0 Å². The lowest BCUT2D eigenvalue weighted by molar-refractivity contribution is -0.0833. The number of likely N-dealkylation sites (N-methyl/N-ethyl adjacent to an activating group) is 1. The van der Waals surface area contributed by atoms with E-state index in [1.807, 2.05) is 18.2 Å². The highest BCUT2D eigenvalue weighted by molar-refractivity contribution is 5.67. The summed E-state index contributed by atoms with van der Waals surface area (Å²) in [6.07, 6.45) is 2.67. The van der Waals surface area contributed by atoms with Crippen molar-refractivity contribution >= 4 is 5.69 Å². The lowest BCUT2D eigenvalue weighted by atomic mass is 9.86. The summed E-state index contributed by atoms with van der Waals surface area (Å²) in [6, 6.07) is 7.28. The molecule has 1 aromatic carbocycles. The molecule has 3 heteroatoms. The number of para-hydroxylation sites is 1. The maximum absolute atomic E-state index is 10.6. The lowest BCUT2D eigenvalue weighted by Gasteiger charge is -2.38. The monoisotopic (exact) mass is 217 g/mol. The molecule has 16 heavy (non-hydrogen) atoms. The summed E-state index contributed by atoms with van der Waals surface area (Å²) in [4.78, 5) is 1.59. The second-order valence-electron chi connectivity index (χ2n) is 3.98. The first-order chi connectivity index (χ1) is 7.51. The molecule has 1 aliphatic rings. The third-order valence-electron chi connectivity index (χ3n) is 3.33. The zero-order chi connectivity index (χ0) is 12.0. The Morgan fingerprint density at radius 1 is 1.19 bits per heavy atom. The fourth-order valence-corrected chi connectivity index (χ4v) is 2.28. The first-order valence-corrected chi connectivity index (χ1v) is 5.06. The van der Waals surface area contributed by atoms with Gasteiger partial charge in [0, 0.05) is 18.3 Å². The van der Waals surface area contributed by atoms with E-state index in [0.29, 0.717) is 5.56 Å². The van der Waals surface area contributed by atoms with Crippen molar-refractivity contribution in [3.8, 4) is 0 Å². The van der Waals surface area contributed by atoms with E-state index >= 15 is 0 Å². The summed E-state index contributed by atoms with van der Waals surface area (Å²) in [5, 5.41) is 21.1. The highest BCUT2D eigenvalue weighted by Gasteiger charge is 2.56. The second kappa shape index (κ2) is 3.20. The molecule has 84 valence electrons. The van der Waals surface area contributed by atoms with Gasteiger partial charge >= 0.3 is 0 Å². The highest BCUT2D eigenvalue weighted by Crippen LogP contribution is 2.49. The van der Waals surface area contributed by atoms with Gasteiger partial charge in [-0.25, -0.2) is 0 Å². The quantitative estimate of drug-likeness (QED) is 0.736. The van der Waals surface area contributed by atoms with Crippen LogP contribution >= 0.6 is 0 Å². The van der Waals surface area contributed by atoms with Gasteiger partial charge in [-0.2, -0.15) is 0 Å². The highest BCUT2D eigenvalue weighted by atomic mass is 16.4. The molecule has 1 heterocycles. The van der Waals surface area contributed by atoms with Gasteiger partial charge in [-0.15, -0.1) is 0 Å². The van der Waals surface area contributed by atoms with Crippen LogP contribution in [0.15, 0.2) is 49.6 Å². The minimum Gasteiger partial charge on any atom is -0.375 e. The van der Waals surface area contributed by atoms with Gasteiger partial charge in [-0.05, 0) is 12.1 Å². The molecule has 1 aromatic rings. The van der Waals surface area contributed by atoms with Gasteiger partial charge in [-0.1, -0.05) is 37.4 Å². The Labute approximate surface area is 94.9 Å². The van der Waals surface area contributed by atoms with Crippen LogP contribution in [0.5, 0.6) is 0 Å². The standard InChI is InChI=1S/C13H15NO2/c1-4-12(15)10-8-6-7-9-11(10)14(3)13(12,16)5-2/h4-9,15-16H,1-2H2,3H3/t12-,13-/m0/s1. The molecular formula is C13H15NO2. The van der Waals surface area contributed by atoms with Crippen LogP contribution in [0.3, 0.4) is 0 Å². The van der Waals surface area contributed by atoms with Crippen molar-refractivity contribution in [1.82, 2.24) is 0 Å². The predicted octanol–water partition coefficient (Wildman–Crippen LogP) is 1.38. The van der Waals surface area contributed by atoms with E-state index in [9.17, 15) is 10.2 Å². The number of nitrogens with zero attached hydrogens (tertiary/aromatic N) is 1. The molecule has 0 bridgehead atoms. The van der Waals surface area contributed by atoms with E-state index in [4.69, 9.17) is 0 Å². The van der Waals surface area contributed by atoms with Crippen LogP contribution in [0.4, 0.5) is 5.69 Å². The van der Waals surface area contributed by atoms with Gasteiger partial charge in [0.2, 0.25) is 0 Å². The lowest BCUT2D eigenvalue weighted by Crippen LogP contribution is -2.54. The third-order valence-corrected chi connectivity index (χ3v) is 3.33. The number of aliphatic hydroxyl groups is 2. The minimum absolute atomic E-state index is 0.634. The van der Waals surface area contributed by atoms with Crippen molar-refractivity contribution in [2.24, 2.45) is 0 Å². The van der Waals surface area contributed by atoms with Crippen molar-refractivity contribution in [2.45, 2.75) is 11.3 Å². The van der Waals surface area contributed by atoms with E-state index in [2.05, 4.69) is 13.2 Å². The van der Waals surface area contributed by atoms with Crippen LogP contribution in [-0.2, 0) is 5.60 Å². The average molecular weight is 217 g/mol. The number of hydrogen-bond donors (Lipinski definition) is 2. The number of fused-ring (bicyclic) bond motifs is 1. The van der Waals surface area contributed by atoms with Crippen LogP contribution in [0.2, 0.25) is 0 Å². The Morgan fingerprint density at radius 2 is 1.81 bits per heavy atom. The first kappa shape index (κ1) is 10.9. The van der Waals surface area contributed by atoms with E-state index in [0.717, 1.165) is 5.69 Å². The summed E-state index contributed by atoms with van der Waals surface area (Å²) in [7, 11) is 1.71. The SMILES string of the molecule is C=C[C@@]1(O)N(C)c2ccccc2[C@@]1(O)C=C. The van der Waals surface area contributed by atoms with Crippen molar-refractivity contribution in [2.75, 3.05) is 11.9 Å². The topological polar surface area (TPSA) is 43.7 Å². The second-order valence-corrected chi connectivity index (χ2v) is 3.98. The van der Waals surface area contributed by atoms with Crippen molar-refractivity contribution in [3.63, 3.8) is 0 Å². The number of benzene rings is 1. The fraction of sp³-hybridized carbons (Fsp3) is 0.231. The van der Waals surface area contributed by atoms with Crippen LogP contribution in [0.1, 0.15) is 5.56 Å². The molecule has 0 saturated heterocycles. The van der Waals surface area contributed by atoms with Crippen molar-refractivity contribution in [1.29, 1.82) is 0 Å². The Kier molecular flexibility index (Phi) is 2.19.